The number of hydrogen-bond acceptors (Lipinski definition) is 2. The van der Waals surface area contributed by atoms with Gasteiger partial charge in [0.25, 0.3) is 0 Å². The minimum atomic E-state index is 0.855. The van der Waals surface area contributed by atoms with Crippen molar-refractivity contribution >= 4 is 121 Å². The molecule has 386 valence electrons. The lowest BCUT2D eigenvalue weighted by atomic mass is 10.0. The van der Waals surface area contributed by atoms with Gasteiger partial charge < -0.3 is 13.7 Å². The molecule has 0 saturated carbocycles. The van der Waals surface area contributed by atoms with Crippen LogP contribution in [0.15, 0.2) is 273 Å². The fraction of sp³-hybridized carbons (Fsp3) is 0. The highest BCUT2D eigenvalue weighted by molar-refractivity contribution is 6.20. The predicted octanol–water partition coefficient (Wildman–Crippen LogP) is 18.1. The van der Waals surface area contributed by atoms with Gasteiger partial charge in [0.15, 0.2) is 0 Å². The molecule has 0 fully saturated rings. The van der Waals surface area contributed by atoms with E-state index < -0.39 is 0 Å². The van der Waals surface area contributed by atoms with E-state index >= 15 is 0 Å². The minimum Gasteiger partial charge on any atom is -0.309 e. The van der Waals surface area contributed by atoms with Crippen LogP contribution >= 0.6 is 0 Å². The van der Waals surface area contributed by atoms with Crippen LogP contribution < -0.4 is 0 Å². The number of nitrogens with zero attached hydrogens (tertiary/aromatic N) is 9. The second kappa shape index (κ2) is 16.6. The van der Waals surface area contributed by atoms with E-state index in [0.29, 0.717) is 0 Å². The van der Waals surface area contributed by atoms with E-state index in [4.69, 9.17) is 9.97 Å². The van der Waals surface area contributed by atoms with Gasteiger partial charge in [0, 0.05) is 60.5 Å². The third kappa shape index (κ3) is 5.93. The summed E-state index contributed by atoms with van der Waals surface area (Å²) in [5, 5.41) is 7.03. The zero-order valence-corrected chi connectivity index (χ0v) is 44.5. The van der Waals surface area contributed by atoms with Gasteiger partial charge in [0.1, 0.15) is 11.0 Å². The highest BCUT2D eigenvalue weighted by Crippen LogP contribution is 2.45. The molecule has 7 heterocycles. The van der Waals surface area contributed by atoms with Gasteiger partial charge in [-0.2, -0.15) is 0 Å². The molecule has 0 N–H and O–H groups in total. The lowest BCUT2D eigenvalue weighted by Gasteiger charge is -2.18. The third-order valence-corrected chi connectivity index (χ3v) is 17.5. The van der Waals surface area contributed by atoms with E-state index in [0.717, 1.165) is 134 Å². The molecular formula is C74H45N9. The van der Waals surface area contributed by atoms with Crippen molar-refractivity contribution in [3.05, 3.63) is 273 Å². The minimum absolute atomic E-state index is 0.855. The standard InChI is InChI=1S/C74H45N9/c1-3-21-46(22-4-1)77-57-30-12-11-29-53(57)56-45-48(39-42-62(56)77)79-64-36-18-20-38-66(64)83-68-44-41-55-52-28-10-16-34-61(52)81(72(55)70(68)76-74(79)83)59-32-14-8-26-50(59)49-25-7-13-31-58(49)80-60-33-15-9-27-51(60)54-40-43-67-69(71(54)80)75-73-78(47-23-5-2-6-24-47)63-35-17-19-37-65(63)82(67)73/h1-45H. The molecule has 12 aromatic carbocycles. The summed E-state index contributed by atoms with van der Waals surface area (Å²) in [6.07, 6.45) is 0. The van der Waals surface area contributed by atoms with Crippen molar-refractivity contribution in [1.82, 2.24) is 41.6 Å². The van der Waals surface area contributed by atoms with E-state index in [1.54, 1.807) is 0 Å². The van der Waals surface area contributed by atoms with Crippen molar-refractivity contribution in [1.29, 1.82) is 0 Å². The second-order valence-electron chi connectivity index (χ2n) is 21.8. The largest absolute Gasteiger partial charge is 0.309 e. The van der Waals surface area contributed by atoms with Crippen LogP contribution in [-0.4, -0.2) is 41.6 Å². The summed E-state index contributed by atoms with van der Waals surface area (Å²) in [7, 11) is 0. The Hall–Kier alpha value is -11.4. The molecule has 19 aromatic rings. The average Bonchev–Trinajstić information content (AvgIpc) is 2.00. The summed E-state index contributed by atoms with van der Waals surface area (Å²) in [5.74, 6) is 1.73. The van der Waals surface area contributed by atoms with Crippen molar-refractivity contribution in [3.63, 3.8) is 0 Å². The molecule has 19 rings (SSSR count). The fourth-order valence-corrected chi connectivity index (χ4v) is 14.2. The molecule has 0 bridgehead atoms. The van der Waals surface area contributed by atoms with E-state index in [1.807, 2.05) is 0 Å². The Kier molecular flexibility index (Phi) is 8.87. The Labute approximate surface area is 472 Å². The molecule has 0 aliphatic heterocycles. The maximum Gasteiger partial charge on any atom is 0.220 e. The second-order valence-corrected chi connectivity index (χ2v) is 21.8. The number of para-hydroxylation sites is 11. The fourth-order valence-electron chi connectivity index (χ4n) is 14.2. The van der Waals surface area contributed by atoms with Crippen molar-refractivity contribution in [2.45, 2.75) is 0 Å². The molecule has 7 aromatic heterocycles. The van der Waals surface area contributed by atoms with Crippen LogP contribution in [0, 0.1) is 0 Å². The molecule has 0 saturated heterocycles. The van der Waals surface area contributed by atoms with Gasteiger partial charge in [-0.25, -0.2) is 9.97 Å². The number of imidazole rings is 4. The normalized spacial score (nSPS) is 12.3. The topological polar surface area (TPSA) is 59.2 Å². The Bertz CT molecular complexity index is 5940. The Balaban J connectivity index is 0.860. The Morgan fingerprint density at radius 3 is 1.08 bits per heavy atom. The lowest BCUT2D eigenvalue weighted by molar-refractivity contribution is 1.11. The van der Waals surface area contributed by atoms with Gasteiger partial charge in [-0.1, -0.05) is 152 Å². The van der Waals surface area contributed by atoms with Crippen LogP contribution in [0.2, 0.25) is 0 Å². The molecule has 0 aliphatic rings. The number of hydrogen-bond donors (Lipinski definition) is 0. The first-order chi connectivity index (χ1) is 41.2. The van der Waals surface area contributed by atoms with Crippen molar-refractivity contribution in [2.75, 3.05) is 0 Å². The molecule has 0 amide bonds. The highest BCUT2D eigenvalue weighted by atomic mass is 15.2. The van der Waals surface area contributed by atoms with E-state index in [-0.39, 0.29) is 0 Å². The molecule has 83 heavy (non-hydrogen) atoms. The average molecular weight is 1060 g/mol. The molecule has 9 heteroatoms. The number of fused-ring (bicyclic) bond motifs is 21. The van der Waals surface area contributed by atoms with Gasteiger partial charge >= 0.3 is 0 Å². The first-order valence-corrected chi connectivity index (χ1v) is 28.3. The van der Waals surface area contributed by atoms with Crippen LogP contribution in [0.25, 0.3) is 161 Å². The highest BCUT2D eigenvalue weighted by Gasteiger charge is 2.27. The summed E-state index contributed by atoms with van der Waals surface area (Å²) < 4.78 is 16.6. The van der Waals surface area contributed by atoms with Gasteiger partial charge in [0.05, 0.1) is 77.6 Å². The first-order valence-electron chi connectivity index (χ1n) is 28.3. The number of aromatic nitrogens is 9. The summed E-state index contributed by atoms with van der Waals surface area (Å²) in [4.78, 5) is 11.5. The van der Waals surface area contributed by atoms with Crippen molar-refractivity contribution < 1.29 is 0 Å². The monoisotopic (exact) mass is 1060 g/mol. The lowest BCUT2D eigenvalue weighted by Crippen LogP contribution is -2.02. The van der Waals surface area contributed by atoms with Crippen molar-refractivity contribution in [3.8, 4) is 39.6 Å². The van der Waals surface area contributed by atoms with Crippen LogP contribution in [0.4, 0.5) is 0 Å². The zero-order valence-electron chi connectivity index (χ0n) is 44.5. The first kappa shape index (κ1) is 44.4. The maximum absolute atomic E-state index is 5.83. The van der Waals surface area contributed by atoms with Gasteiger partial charge in [-0.3, -0.25) is 17.9 Å². The van der Waals surface area contributed by atoms with E-state index in [2.05, 4.69) is 305 Å². The van der Waals surface area contributed by atoms with E-state index in [1.165, 1.54) is 27.1 Å². The smallest absolute Gasteiger partial charge is 0.220 e. The van der Waals surface area contributed by atoms with Crippen LogP contribution in [0.5, 0.6) is 0 Å². The number of benzene rings is 12. The van der Waals surface area contributed by atoms with Crippen LogP contribution in [-0.2, 0) is 0 Å². The molecule has 0 unspecified atom stereocenters. The van der Waals surface area contributed by atoms with E-state index in [9.17, 15) is 0 Å². The summed E-state index contributed by atoms with van der Waals surface area (Å²) in [5.41, 5.74) is 22.6. The SMILES string of the molecule is c1ccc(-n2c3ccccc3c3cc(-n4c5ccccc5n5c6ccc7c8ccccc8n(-c8ccccc8-c8ccccc8-n8c9ccccc9c9ccc%10c(nc%11n(-c%12ccccc%12)c%12ccccc%12n%10%11)c98)c7c6nc45)ccc32)cc1. The third-order valence-electron chi connectivity index (χ3n) is 17.5. The molecule has 0 aliphatic carbocycles. The molecule has 0 atom stereocenters. The van der Waals surface area contributed by atoms with Gasteiger partial charge in [-0.15, -0.1) is 0 Å². The van der Waals surface area contributed by atoms with Gasteiger partial charge in [0.2, 0.25) is 11.6 Å². The quantitative estimate of drug-likeness (QED) is 0.167. The van der Waals surface area contributed by atoms with Gasteiger partial charge in [-0.05, 0) is 121 Å². The molecule has 0 radical (unpaired) electrons. The zero-order chi connectivity index (χ0) is 54.0. The maximum atomic E-state index is 5.83. The number of rotatable bonds is 6. The van der Waals surface area contributed by atoms with Crippen LogP contribution in [0.3, 0.4) is 0 Å². The Morgan fingerprint density at radius 2 is 0.578 bits per heavy atom. The Morgan fingerprint density at radius 1 is 0.217 bits per heavy atom. The molecular weight excluding hydrogens is 1010 g/mol. The summed E-state index contributed by atoms with van der Waals surface area (Å²) in [6.45, 7) is 0. The molecule has 9 nitrogen and oxygen atoms in total. The summed E-state index contributed by atoms with van der Waals surface area (Å²) >= 11 is 0. The summed E-state index contributed by atoms with van der Waals surface area (Å²) in [6, 6.07) is 98.8. The van der Waals surface area contributed by atoms with Crippen molar-refractivity contribution in [2.24, 2.45) is 0 Å². The predicted molar refractivity (Wildman–Crippen MR) is 341 cm³/mol. The molecule has 0 spiro atoms. The van der Waals surface area contributed by atoms with Crippen LogP contribution in [0.1, 0.15) is 0 Å².